The van der Waals surface area contributed by atoms with Crippen LogP contribution in [0.25, 0.3) is 0 Å². The molecule has 1 N–H and O–H groups in total. The molecule has 0 aliphatic carbocycles. The fraction of sp³-hybridized carbons (Fsp3) is 0.294. The summed E-state index contributed by atoms with van der Waals surface area (Å²) in [5.41, 5.74) is 2.99. The van der Waals surface area contributed by atoms with Crippen LogP contribution in [0, 0.1) is 12.7 Å². The maximum atomic E-state index is 14.0. The molecule has 21 heavy (non-hydrogen) atoms. The summed E-state index contributed by atoms with van der Waals surface area (Å²) in [5.74, 6) is -0.213. The van der Waals surface area contributed by atoms with Crippen LogP contribution in [-0.2, 0) is 6.42 Å². The first-order valence-corrected chi connectivity index (χ1v) is 8.11. The van der Waals surface area contributed by atoms with Gasteiger partial charge < -0.3 is 5.32 Å². The van der Waals surface area contributed by atoms with Crippen LogP contribution in [0.15, 0.2) is 40.9 Å². The second kappa shape index (κ2) is 7.39. The first-order chi connectivity index (χ1) is 10.0. The molecule has 1 atom stereocenters. The van der Waals surface area contributed by atoms with Gasteiger partial charge in [-0.2, -0.15) is 0 Å². The molecule has 1 nitrogen and oxygen atoms in total. The van der Waals surface area contributed by atoms with Gasteiger partial charge in [-0.25, -0.2) is 4.39 Å². The first-order valence-electron chi connectivity index (χ1n) is 6.94. The van der Waals surface area contributed by atoms with E-state index in [1.807, 2.05) is 6.07 Å². The highest BCUT2D eigenvalue weighted by molar-refractivity contribution is 9.10. The summed E-state index contributed by atoms with van der Waals surface area (Å²) in [6.07, 6.45) is 0.567. The van der Waals surface area contributed by atoms with Gasteiger partial charge >= 0.3 is 0 Å². The fourth-order valence-electron chi connectivity index (χ4n) is 2.44. The smallest absolute Gasteiger partial charge is 0.126 e. The number of halogens is 3. The van der Waals surface area contributed by atoms with Gasteiger partial charge in [0.25, 0.3) is 0 Å². The molecule has 0 aliphatic rings. The third-order valence-corrected chi connectivity index (χ3v) is 4.23. The van der Waals surface area contributed by atoms with E-state index >= 15 is 0 Å². The largest absolute Gasteiger partial charge is 0.310 e. The average molecular weight is 371 g/mol. The molecule has 0 aromatic heterocycles. The molecule has 2 rings (SSSR count). The van der Waals surface area contributed by atoms with E-state index < -0.39 is 0 Å². The summed E-state index contributed by atoms with van der Waals surface area (Å²) in [5, 5.41) is 3.99. The summed E-state index contributed by atoms with van der Waals surface area (Å²) in [7, 11) is 0. The van der Waals surface area contributed by atoms with E-state index in [1.54, 1.807) is 12.1 Å². The van der Waals surface area contributed by atoms with Gasteiger partial charge in [-0.1, -0.05) is 40.5 Å². The fourth-order valence-corrected chi connectivity index (χ4v) is 3.02. The Morgan fingerprint density at radius 3 is 2.71 bits per heavy atom. The van der Waals surface area contributed by atoms with Gasteiger partial charge in [0.05, 0.1) is 0 Å². The molecule has 4 heteroatoms. The Morgan fingerprint density at radius 1 is 1.24 bits per heavy atom. The van der Waals surface area contributed by atoms with Crippen molar-refractivity contribution in [2.75, 3.05) is 6.54 Å². The Labute approximate surface area is 138 Å². The molecule has 1 unspecified atom stereocenters. The molecule has 2 aromatic rings. The predicted octanol–water partition coefficient (Wildman–Crippen LogP) is 5.44. The molecule has 2 aromatic carbocycles. The van der Waals surface area contributed by atoms with Gasteiger partial charge in [-0.05, 0) is 66.9 Å². The number of benzene rings is 2. The zero-order valence-corrected chi connectivity index (χ0v) is 14.4. The lowest BCUT2D eigenvalue weighted by atomic mass is 9.95. The minimum absolute atomic E-state index is 0.0560. The Balaban J connectivity index is 2.35. The molecule has 0 radical (unpaired) electrons. The quantitative estimate of drug-likeness (QED) is 0.738. The zero-order chi connectivity index (χ0) is 15.4. The Morgan fingerprint density at radius 2 is 2.00 bits per heavy atom. The van der Waals surface area contributed by atoms with E-state index in [4.69, 9.17) is 11.6 Å². The molecule has 112 valence electrons. The predicted molar refractivity (Wildman–Crippen MR) is 90.4 cm³/mol. The second-order valence-electron chi connectivity index (χ2n) is 5.05. The normalized spacial score (nSPS) is 12.4. The van der Waals surface area contributed by atoms with Crippen LogP contribution in [0.2, 0.25) is 5.02 Å². The van der Waals surface area contributed by atoms with Crippen LogP contribution in [0.1, 0.15) is 29.7 Å². The summed E-state index contributed by atoms with van der Waals surface area (Å²) in [6, 6.07) is 10.9. The van der Waals surface area contributed by atoms with E-state index in [0.29, 0.717) is 17.0 Å². The Bertz CT molecular complexity index is 630. The number of aryl methyl sites for hydroxylation is 1. The first kappa shape index (κ1) is 16.5. The lowest BCUT2D eigenvalue weighted by molar-refractivity contribution is 0.526. The Hall–Kier alpha value is -0.900. The van der Waals surface area contributed by atoms with E-state index in [2.05, 4.69) is 47.2 Å². The number of nitrogens with one attached hydrogen (secondary N) is 1. The summed E-state index contributed by atoms with van der Waals surface area (Å²) < 4.78 is 15.0. The van der Waals surface area contributed by atoms with E-state index in [1.165, 1.54) is 17.2 Å². The summed E-state index contributed by atoms with van der Waals surface area (Å²) >= 11 is 9.49. The molecule has 0 spiro atoms. The lowest BCUT2D eigenvalue weighted by Crippen LogP contribution is -2.24. The molecule has 0 bridgehead atoms. The molecule has 0 fully saturated rings. The van der Waals surface area contributed by atoms with Gasteiger partial charge in [-0.3, -0.25) is 0 Å². The van der Waals surface area contributed by atoms with Crippen molar-refractivity contribution in [2.45, 2.75) is 26.3 Å². The van der Waals surface area contributed by atoms with E-state index in [-0.39, 0.29) is 11.9 Å². The molecule has 0 heterocycles. The van der Waals surface area contributed by atoms with Crippen LogP contribution in [-0.4, -0.2) is 6.54 Å². The second-order valence-corrected chi connectivity index (χ2v) is 6.40. The third-order valence-electron chi connectivity index (χ3n) is 3.50. The topological polar surface area (TPSA) is 12.0 Å². The van der Waals surface area contributed by atoms with Crippen molar-refractivity contribution >= 4 is 27.5 Å². The molecular weight excluding hydrogens is 353 g/mol. The zero-order valence-electron chi connectivity index (χ0n) is 12.1. The van der Waals surface area contributed by atoms with Crippen molar-refractivity contribution in [1.82, 2.24) is 5.32 Å². The van der Waals surface area contributed by atoms with Gasteiger partial charge in [-0.15, -0.1) is 0 Å². The SMILES string of the molecule is CCNC(Cc1cc(Cl)ccc1F)c1cc(Br)ccc1C. The van der Waals surface area contributed by atoms with Crippen molar-refractivity contribution in [2.24, 2.45) is 0 Å². The van der Waals surface area contributed by atoms with Gasteiger partial charge in [0, 0.05) is 15.5 Å². The molecular formula is C17H18BrClFN. The highest BCUT2D eigenvalue weighted by Crippen LogP contribution is 2.27. The van der Waals surface area contributed by atoms with Crippen LogP contribution >= 0.6 is 27.5 Å². The summed E-state index contributed by atoms with van der Waals surface area (Å²) in [6.45, 7) is 4.94. The van der Waals surface area contributed by atoms with Gasteiger partial charge in [0.1, 0.15) is 5.82 Å². The van der Waals surface area contributed by atoms with Crippen LogP contribution < -0.4 is 5.32 Å². The Kier molecular flexibility index (Phi) is 5.80. The van der Waals surface area contributed by atoms with E-state index in [9.17, 15) is 4.39 Å². The number of hydrogen-bond acceptors (Lipinski definition) is 1. The molecule has 0 saturated carbocycles. The average Bonchev–Trinajstić information content (AvgIpc) is 2.45. The minimum Gasteiger partial charge on any atom is -0.310 e. The van der Waals surface area contributed by atoms with Crippen LogP contribution in [0.4, 0.5) is 4.39 Å². The number of hydrogen-bond donors (Lipinski definition) is 1. The van der Waals surface area contributed by atoms with Crippen molar-refractivity contribution < 1.29 is 4.39 Å². The molecule has 0 amide bonds. The van der Waals surface area contributed by atoms with Crippen LogP contribution in [0.3, 0.4) is 0 Å². The molecule has 0 saturated heterocycles. The number of likely N-dealkylation sites (N-methyl/N-ethyl adjacent to an activating group) is 1. The highest BCUT2D eigenvalue weighted by Gasteiger charge is 2.16. The van der Waals surface area contributed by atoms with Crippen molar-refractivity contribution in [3.05, 3.63) is 68.4 Å². The van der Waals surface area contributed by atoms with Crippen molar-refractivity contribution in [1.29, 1.82) is 0 Å². The summed E-state index contributed by atoms with van der Waals surface area (Å²) in [4.78, 5) is 0. The number of rotatable bonds is 5. The standard InChI is InChI=1S/C17H18BrClFN/c1-3-21-17(15-10-13(18)5-4-11(15)2)9-12-8-14(19)6-7-16(12)20/h4-8,10,17,21H,3,9H2,1-2H3. The lowest BCUT2D eigenvalue weighted by Gasteiger charge is -2.21. The van der Waals surface area contributed by atoms with E-state index in [0.717, 1.165) is 11.0 Å². The maximum absolute atomic E-state index is 14.0. The monoisotopic (exact) mass is 369 g/mol. The van der Waals surface area contributed by atoms with Crippen LogP contribution in [0.5, 0.6) is 0 Å². The highest BCUT2D eigenvalue weighted by atomic mass is 79.9. The minimum atomic E-state index is -0.213. The van der Waals surface area contributed by atoms with Gasteiger partial charge in [0.15, 0.2) is 0 Å². The maximum Gasteiger partial charge on any atom is 0.126 e. The van der Waals surface area contributed by atoms with Crippen molar-refractivity contribution in [3.8, 4) is 0 Å². The van der Waals surface area contributed by atoms with Gasteiger partial charge in [0.2, 0.25) is 0 Å². The van der Waals surface area contributed by atoms with Crippen molar-refractivity contribution in [3.63, 3.8) is 0 Å². The third kappa shape index (κ3) is 4.29. The molecule has 0 aliphatic heterocycles.